The van der Waals surface area contributed by atoms with Crippen LogP contribution in [0.4, 0.5) is 15.2 Å². The zero-order valence-corrected chi connectivity index (χ0v) is 19.0. The number of phenols is 1. The zero-order chi connectivity index (χ0) is 21.8. The summed E-state index contributed by atoms with van der Waals surface area (Å²) in [5, 5.41) is 16.2. The Hall–Kier alpha value is -2.66. The number of hydrogen-bond acceptors (Lipinski definition) is 4. The molecule has 5 heteroatoms. The predicted molar refractivity (Wildman–Crippen MR) is 126 cm³/mol. The highest BCUT2D eigenvalue weighted by atomic mass is 32.1. The van der Waals surface area contributed by atoms with Crippen molar-refractivity contribution >= 4 is 43.1 Å². The average Bonchev–Trinajstić information content (AvgIpc) is 3.04. The Bertz CT molecular complexity index is 1260. The Labute approximate surface area is 180 Å². The second-order valence-corrected chi connectivity index (χ2v) is 10.8. The Morgan fingerprint density at radius 1 is 0.900 bits per heavy atom. The van der Waals surface area contributed by atoms with Gasteiger partial charge in [0.05, 0.1) is 10.2 Å². The number of anilines is 2. The monoisotopic (exact) mass is 422 g/mol. The summed E-state index contributed by atoms with van der Waals surface area (Å²) >= 11 is 1.33. The first-order chi connectivity index (χ1) is 13.9. The maximum absolute atomic E-state index is 14.5. The minimum Gasteiger partial charge on any atom is -0.508 e. The summed E-state index contributed by atoms with van der Waals surface area (Å²) in [6, 6.07) is 13.0. The minimum absolute atomic E-state index is 0.115. The van der Waals surface area contributed by atoms with E-state index in [0.29, 0.717) is 9.83 Å². The molecule has 0 saturated heterocycles. The van der Waals surface area contributed by atoms with Crippen molar-refractivity contribution in [2.24, 2.45) is 0 Å². The summed E-state index contributed by atoms with van der Waals surface area (Å²) in [6.45, 7) is 12.7. The fourth-order valence-electron chi connectivity index (χ4n) is 3.80. The second kappa shape index (κ2) is 6.95. The van der Waals surface area contributed by atoms with Gasteiger partial charge in [0.15, 0.2) is 5.13 Å². The Kier molecular flexibility index (Phi) is 4.77. The van der Waals surface area contributed by atoms with Crippen molar-refractivity contribution in [3.8, 4) is 5.75 Å². The van der Waals surface area contributed by atoms with Crippen LogP contribution in [0.25, 0.3) is 21.0 Å². The molecule has 156 valence electrons. The lowest BCUT2D eigenvalue weighted by molar-refractivity contribution is 0.472. The molecule has 0 unspecified atom stereocenters. The molecular formula is C25H27FN2OS. The van der Waals surface area contributed by atoms with E-state index in [0.717, 1.165) is 33.1 Å². The fourth-order valence-corrected chi connectivity index (χ4v) is 4.72. The summed E-state index contributed by atoms with van der Waals surface area (Å²) < 4.78 is 15.0. The van der Waals surface area contributed by atoms with Gasteiger partial charge in [0.25, 0.3) is 0 Å². The van der Waals surface area contributed by atoms with E-state index in [9.17, 15) is 9.50 Å². The molecule has 0 amide bonds. The molecule has 0 aliphatic rings. The first-order valence-electron chi connectivity index (χ1n) is 10.1. The Morgan fingerprint density at radius 2 is 1.60 bits per heavy atom. The van der Waals surface area contributed by atoms with Gasteiger partial charge in [0.1, 0.15) is 11.6 Å². The summed E-state index contributed by atoms with van der Waals surface area (Å²) in [6.07, 6.45) is 0. The smallest absolute Gasteiger partial charge is 0.188 e. The lowest BCUT2D eigenvalue weighted by atomic mass is 9.83. The Morgan fingerprint density at radius 3 is 2.27 bits per heavy atom. The van der Waals surface area contributed by atoms with Gasteiger partial charge in [-0.15, -0.1) is 0 Å². The molecule has 0 atom stereocenters. The van der Waals surface area contributed by atoms with Crippen LogP contribution in [0, 0.1) is 5.82 Å². The summed E-state index contributed by atoms with van der Waals surface area (Å²) in [7, 11) is 0. The van der Waals surface area contributed by atoms with Crippen LogP contribution < -0.4 is 5.32 Å². The molecule has 0 bridgehead atoms. The number of rotatable bonds is 2. The van der Waals surface area contributed by atoms with Crippen molar-refractivity contribution in [2.45, 2.75) is 52.4 Å². The number of thiazole rings is 1. The average molecular weight is 423 g/mol. The predicted octanol–water partition coefficient (Wildman–Crippen LogP) is 7.63. The lowest BCUT2D eigenvalue weighted by Gasteiger charge is -2.22. The third-order valence-electron chi connectivity index (χ3n) is 5.30. The minimum atomic E-state index is -0.243. The molecule has 4 aromatic rings. The van der Waals surface area contributed by atoms with Crippen molar-refractivity contribution in [2.75, 3.05) is 5.32 Å². The highest BCUT2D eigenvalue weighted by Crippen LogP contribution is 2.38. The van der Waals surface area contributed by atoms with E-state index in [2.05, 4.69) is 52.9 Å². The Balaban J connectivity index is 1.80. The van der Waals surface area contributed by atoms with Crippen LogP contribution in [0.1, 0.15) is 52.7 Å². The zero-order valence-electron chi connectivity index (χ0n) is 18.2. The summed E-state index contributed by atoms with van der Waals surface area (Å²) in [5.41, 5.74) is 3.48. The lowest BCUT2D eigenvalue weighted by Crippen LogP contribution is -2.12. The molecule has 4 rings (SSSR count). The van der Waals surface area contributed by atoms with Gasteiger partial charge in [-0.25, -0.2) is 9.37 Å². The van der Waals surface area contributed by atoms with E-state index in [1.54, 1.807) is 6.07 Å². The van der Waals surface area contributed by atoms with Gasteiger partial charge in [0.2, 0.25) is 0 Å². The molecular weight excluding hydrogens is 395 g/mol. The number of nitrogens with one attached hydrogen (secondary N) is 1. The van der Waals surface area contributed by atoms with Crippen molar-refractivity contribution in [1.82, 2.24) is 4.98 Å². The van der Waals surface area contributed by atoms with E-state index >= 15 is 0 Å². The number of aromatic nitrogens is 1. The second-order valence-electron chi connectivity index (χ2n) is 9.85. The maximum Gasteiger partial charge on any atom is 0.188 e. The van der Waals surface area contributed by atoms with Crippen LogP contribution in [-0.2, 0) is 10.8 Å². The molecule has 1 heterocycles. The van der Waals surface area contributed by atoms with E-state index in [1.807, 2.05) is 24.3 Å². The van der Waals surface area contributed by atoms with Crippen LogP contribution in [-0.4, -0.2) is 10.1 Å². The number of phenolic OH excluding ortho intramolecular Hbond substituents is 1. The van der Waals surface area contributed by atoms with Crippen molar-refractivity contribution in [3.05, 3.63) is 59.4 Å². The van der Waals surface area contributed by atoms with Gasteiger partial charge < -0.3 is 10.4 Å². The third kappa shape index (κ3) is 3.74. The van der Waals surface area contributed by atoms with Crippen LogP contribution in [0.15, 0.2) is 42.5 Å². The molecule has 2 N–H and O–H groups in total. The SMILES string of the molecule is CC(C)(C)c1cc(O)cc2ccc(Nc3nc4c(C(C)(C)C)ccc(F)c4s3)cc12. The molecule has 0 spiro atoms. The fraction of sp³-hybridized carbons (Fsp3) is 0.320. The van der Waals surface area contributed by atoms with Gasteiger partial charge in [-0.3, -0.25) is 0 Å². The topological polar surface area (TPSA) is 45.1 Å². The molecule has 1 aromatic heterocycles. The largest absolute Gasteiger partial charge is 0.508 e. The van der Waals surface area contributed by atoms with Gasteiger partial charge in [-0.1, -0.05) is 65.0 Å². The number of halogens is 1. The molecule has 0 fully saturated rings. The van der Waals surface area contributed by atoms with E-state index in [-0.39, 0.29) is 22.4 Å². The number of aromatic hydroxyl groups is 1. The van der Waals surface area contributed by atoms with Crippen molar-refractivity contribution < 1.29 is 9.50 Å². The normalized spacial score (nSPS) is 12.6. The van der Waals surface area contributed by atoms with Gasteiger partial charge in [0, 0.05) is 5.69 Å². The first-order valence-corrected chi connectivity index (χ1v) is 10.9. The van der Waals surface area contributed by atoms with E-state index in [1.165, 1.54) is 17.4 Å². The van der Waals surface area contributed by atoms with Gasteiger partial charge in [-0.05, 0) is 63.1 Å². The maximum atomic E-state index is 14.5. The van der Waals surface area contributed by atoms with Crippen molar-refractivity contribution in [3.63, 3.8) is 0 Å². The van der Waals surface area contributed by atoms with E-state index in [4.69, 9.17) is 4.98 Å². The van der Waals surface area contributed by atoms with Crippen LogP contribution >= 0.6 is 11.3 Å². The van der Waals surface area contributed by atoms with Crippen LogP contribution in [0.3, 0.4) is 0 Å². The molecule has 30 heavy (non-hydrogen) atoms. The number of fused-ring (bicyclic) bond motifs is 2. The molecule has 3 aromatic carbocycles. The summed E-state index contributed by atoms with van der Waals surface area (Å²) in [5.74, 6) is 0.0250. The molecule has 0 aliphatic carbocycles. The molecule has 0 radical (unpaired) electrons. The van der Waals surface area contributed by atoms with Crippen LogP contribution in [0.5, 0.6) is 5.75 Å². The van der Waals surface area contributed by atoms with Crippen LogP contribution in [0.2, 0.25) is 0 Å². The van der Waals surface area contributed by atoms with Gasteiger partial charge in [-0.2, -0.15) is 0 Å². The van der Waals surface area contributed by atoms with Crippen molar-refractivity contribution in [1.29, 1.82) is 0 Å². The third-order valence-corrected chi connectivity index (χ3v) is 6.28. The quantitative estimate of drug-likeness (QED) is 0.349. The highest BCUT2D eigenvalue weighted by Gasteiger charge is 2.22. The summed E-state index contributed by atoms with van der Waals surface area (Å²) in [4.78, 5) is 4.73. The molecule has 0 aliphatic heterocycles. The number of hydrogen-bond donors (Lipinski definition) is 2. The first kappa shape index (κ1) is 20.6. The number of benzene rings is 3. The molecule has 3 nitrogen and oxygen atoms in total. The van der Waals surface area contributed by atoms with E-state index < -0.39 is 0 Å². The molecule has 0 saturated carbocycles. The highest BCUT2D eigenvalue weighted by molar-refractivity contribution is 7.22. The standard InChI is InChI=1S/C25H27FN2OS/c1-24(2,3)18-9-10-20(26)22-21(18)28-23(30-22)27-15-8-7-14-11-16(29)13-19(17(14)12-15)25(4,5)6/h7-13,29H,1-6H3,(H,27,28). The number of nitrogens with zero attached hydrogens (tertiary/aromatic N) is 1. The van der Waals surface area contributed by atoms with Gasteiger partial charge >= 0.3 is 0 Å².